The van der Waals surface area contributed by atoms with Gasteiger partial charge < -0.3 is 5.32 Å². The van der Waals surface area contributed by atoms with Crippen molar-refractivity contribution in [2.75, 3.05) is 11.9 Å². The number of benzene rings is 2. The Bertz CT molecular complexity index is 1100. The van der Waals surface area contributed by atoms with Crippen LogP contribution in [0.1, 0.15) is 22.8 Å². The second-order valence-corrected chi connectivity index (χ2v) is 7.61. The summed E-state index contributed by atoms with van der Waals surface area (Å²) < 4.78 is 0. The number of hydrogen-bond acceptors (Lipinski definition) is 6. The van der Waals surface area contributed by atoms with Gasteiger partial charge >= 0.3 is 0 Å². The lowest BCUT2D eigenvalue weighted by molar-refractivity contribution is -0.384. The van der Waals surface area contributed by atoms with Crippen LogP contribution in [0.5, 0.6) is 0 Å². The highest BCUT2D eigenvalue weighted by molar-refractivity contribution is 7.14. The number of rotatable bonds is 7. The van der Waals surface area contributed by atoms with Gasteiger partial charge in [0.15, 0.2) is 5.13 Å². The van der Waals surface area contributed by atoms with Crippen molar-refractivity contribution in [1.29, 1.82) is 0 Å². The quantitative estimate of drug-likeness (QED) is 0.416. The Hall–Kier alpha value is -3.30. The van der Waals surface area contributed by atoms with Gasteiger partial charge in [0.2, 0.25) is 5.91 Å². The monoisotopic (exact) mass is 444 g/mol. The zero-order chi connectivity index (χ0) is 21.7. The van der Waals surface area contributed by atoms with Crippen molar-refractivity contribution in [3.63, 3.8) is 0 Å². The minimum atomic E-state index is -0.578. The molecule has 0 aliphatic carbocycles. The summed E-state index contributed by atoms with van der Waals surface area (Å²) in [6.45, 7) is 2.06. The van der Waals surface area contributed by atoms with Crippen molar-refractivity contribution in [3.05, 3.63) is 74.1 Å². The molecule has 0 aliphatic rings. The van der Waals surface area contributed by atoms with Crippen LogP contribution in [0.2, 0.25) is 5.02 Å². The van der Waals surface area contributed by atoms with Crippen LogP contribution in [-0.2, 0) is 11.2 Å². The average Bonchev–Trinajstić information content (AvgIpc) is 3.16. The van der Waals surface area contributed by atoms with Crippen LogP contribution < -0.4 is 10.6 Å². The zero-order valence-electron chi connectivity index (χ0n) is 15.8. The van der Waals surface area contributed by atoms with E-state index in [0.717, 1.165) is 23.6 Å². The van der Waals surface area contributed by atoms with E-state index in [4.69, 9.17) is 11.6 Å². The van der Waals surface area contributed by atoms with E-state index >= 15 is 0 Å². The highest BCUT2D eigenvalue weighted by atomic mass is 35.5. The lowest BCUT2D eigenvalue weighted by Crippen LogP contribution is -2.22. The summed E-state index contributed by atoms with van der Waals surface area (Å²) in [7, 11) is 0. The van der Waals surface area contributed by atoms with Gasteiger partial charge in [0, 0.05) is 36.5 Å². The second-order valence-electron chi connectivity index (χ2n) is 6.34. The van der Waals surface area contributed by atoms with Crippen molar-refractivity contribution in [2.24, 2.45) is 0 Å². The van der Waals surface area contributed by atoms with Gasteiger partial charge in [-0.2, -0.15) is 0 Å². The summed E-state index contributed by atoms with van der Waals surface area (Å²) in [6, 6.07) is 11.5. The van der Waals surface area contributed by atoms with Crippen molar-refractivity contribution < 1.29 is 14.5 Å². The Morgan fingerprint density at radius 1 is 1.20 bits per heavy atom. The third kappa shape index (κ3) is 5.40. The minimum absolute atomic E-state index is 0.00617. The van der Waals surface area contributed by atoms with Crippen LogP contribution in [-0.4, -0.2) is 28.3 Å². The Balaban J connectivity index is 1.65. The molecule has 30 heavy (non-hydrogen) atoms. The summed E-state index contributed by atoms with van der Waals surface area (Å²) >= 11 is 7.26. The molecule has 0 bridgehead atoms. The van der Waals surface area contributed by atoms with Gasteiger partial charge in [-0.3, -0.25) is 25.0 Å². The summed E-state index contributed by atoms with van der Waals surface area (Å²) in [5.74, 6) is -0.553. The molecule has 1 heterocycles. The minimum Gasteiger partial charge on any atom is -0.356 e. The van der Waals surface area contributed by atoms with Crippen molar-refractivity contribution >= 4 is 45.6 Å². The maximum atomic E-state index is 12.4. The molecule has 0 atom stereocenters. The standard InChI is InChI=1S/C20H17ClN4O4S/c1-12(26)22-9-8-13-2-4-14(5-3-13)18-11-30-20(23-18)24-19(27)16-7-6-15(25(28)29)10-17(16)21/h2-7,10-11H,8-9H2,1H3,(H,22,26)(H,23,24,27). The molecule has 1 aromatic heterocycles. The average molecular weight is 445 g/mol. The third-order valence-corrected chi connectivity index (χ3v) is 5.24. The molecule has 3 aromatic rings. The predicted octanol–water partition coefficient (Wildman–Crippen LogP) is 4.30. The Kier molecular flexibility index (Phi) is 6.76. The smallest absolute Gasteiger partial charge is 0.270 e. The number of carbonyl (C=O) groups is 2. The van der Waals surface area contributed by atoms with E-state index in [0.29, 0.717) is 17.4 Å². The first-order valence-electron chi connectivity index (χ1n) is 8.88. The van der Waals surface area contributed by atoms with Crippen molar-refractivity contribution in [3.8, 4) is 11.3 Å². The Labute approximate surface area is 181 Å². The van der Waals surface area contributed by atoms with E-state index in [1.165, 1.54) is 30.4 Å². The lowest BCUT2D eigenvalue weighted by atomic mass is 10.1. The van der Waals surface area contributed by atoms with Crippen LogP contribution in [0.25, 0.3) is 11.3 Å². The topological polar surface area (TPSA) is 114 Å². The van der Waals surface area contributed by atoms with E-state index in [-0.39, 0.29) is 22.2 Å². The van der Waals surface area contributed by atoms with Gasteiger partial charge in [-0.05, 0) is 18.1 Å². The van der Waals surface area contributed by atoms with E-state index in [1.807, 2.05) is 29.6 Å². The molecule has 0 radical (unpaired) electrons. The number of nitrogens with zero attached hydrogens (tertiary/aromatic N) is 2. The van der Waals surface area contributed by atoms with E-state index in [2.05, 4.69) is 15.6 Å². The number of nitro benzene ring substituents is 1. The first-order valence-corrected chi connectivity index (χ1v) is 10.1. The maximum absolute atomic E-state index is 12.4. The molecule has 8 nitrogen and oxygen atoms in total. The van der Waals surface area contributed by atoms with Gasteiger partial charge in [-0.25, -0.2) is 4.98 Å². The SMILES string of the molecule is CC(=O)NCCc1ccc(-c2csc(NC(=O)c3ccc([N+](=O)[O-])cc3Cl)n2)cc1. The molecule has 10 heteroatoms. The molecular formula is C20H17ClN4O4S. The van der Waals surface area contributed by atoms with Gasteiger partial charge in [0.25, 0.3) is 11.6 Å². The number of halogens is 1. The van der Waals surface area contributed by atoms with Crippen LogP contribution in [0.4, 0.5) is 10.8 Å². The molecule has 0 aliphatic heterocycles. The molecule has 0 spiro atoms. The highest BCUT2D eigenvalue weighted by Crippen LogP contribution is 2.27. The lowest BCUT2D eigenvalue weighted by Gasteiger charge is -2.04. The van der Waals surface area contributed by atoms with Crippen LogP contribution in [0.3, 0.4) is 0 Å². The number of hydrogen-bond donors (Lipinski definition) is 2. The molecule has 2 aromatic carbocycles. The summed E-state index contributed by atoms with van der Waals surface area (Å²) in [5, 5.41) is 18.4. The third-order valence-electron chi connectivity index (χ3n) is 4.17. The molecular weight excluding hydrogens is 428 g/mol. The van der Waals surface area contributed by atoms with Crippen LogP contribution in [0.15, 0.2) is 47.8 Å². The molecule has 154 valence electrons. The summed E-state index contributed by atoms with van der Waals surface area (Å²) in [4.78, 5) is 38.0. The molecule has 3 rings (SSSR count). The van der Waals surface area contributed by atoms with Gasteiger partial charge in [-0.1, -0.05) is 35.9 Å². The number of aromatic nitrogens is 1. The fourth-order valence-electron chi connectivity index (χ4n) is 2.65. The number of carbonyl (C=O) groups excluding carboxylic acids is 2. The molecule has 2 N–H and O–H groups in total. The predicted molar refractivity (Wildman–Crippen MR) is 116 cm³/mol. The second kappa shape index (κ2) is 9.47. The number of nitro groups is 1. The molecule has 0 unspecified atom stereocenters. The fourth-order valence-corrected chi connectivity index (χ4v) is 3.63. The number of amides is 2. The summed E-state index contributed by atoms with van der Waals surface area (Å²) in [5.41, 5.74) is 2.63. The number of non-ortho nitro benzene ring substituents is 1. The van der Waals surface area contributed by atoms with E-state index in [9.17, 15) is 19.7 Å². The van der Waals surface area contributed by atoms with Crippen LogP contribution >= 0.6 is 22.9 Å². The number of nitrogens with one attached hydrogen (secondary N) is 2. The normalized spacial score (nSPS) is 10.5. The van der Waals surface area contributed by atoms with Crippen molar-refractivity contribution in [1.82, 2.24) is 10.3 Å². The van der Waals surface area contributed by atoms with E-state index < -0.39 is 10.8 Å². The molecule has 0 saturated carbocycles. The van der Waals surface area contributed by atoms with Crippen molar-refractivity contribution in [2.45, 2.75) is 13.3 Å². The van der Waals surface area contributed by atoms with E-state index in [1.54, 1.807) is 0 Å². The number of thiazole rings is 1. The number of anilines is 1. The fraction of sp³-hybridized carbons (Fsp3) is 0.150. The first-order chi connectivity index (χ1) is 14.3. The highest BCUT2D eigenvalue weighted by Gasteiger charge is 2.16. The Morgan fingerprint density at radius 2 is 1.93 bits per heavy atom. The Morgan fingerprint density at radius 3 is 2.57 bits per heavy atom. The van der Waals surface area contributed by atoms with Gasteiger partial charge in [0.05, 0.1) is 21.2 Å². The zero-order valence-corrected chi connectivity index (χ0v) is 17.4. The van der Waals surface area contributed by atoms with Gasteiger partial charge in [0.1, 0.15) is 0 Å². The molecule has 0 fully saturated rings. The molecule has 2 amide bonds. The first kappa shape index (κ1) is 21.4. The largest absolute Gasteiger partial charge is 0.356 e. The van der Waals surface area contributed by atoms with Crippen LogP contribution in [0, 0.1) is 10.1 Å². The molecule has 0 saturated heterocycles. The van der Waals surface area contributed by atoms with Gasteiger partial charge in [-0.15, -0.1) is 11.3 Å². The summed E-state index contributed by atoms with van der Waals surface area (Å²) in [6.07, 6.45) is 0.730. The maximum Gasteiger partial charge on any atom is 0.270 e.